The number of urea groups is 1. The van der Waals surface area contributed by atoms with Gasteiger partial charge in [0.1, 0.15) is 5.82 Å². The molecule has 0 saturated heterocycles. The molecule has 0 aliphatic rings. The van der Waals surface area contributed by atoms with Crippen LogP contribution < -0.4 is 26.8 Å². The zero-order chi connectivity index (χ0) is 25.2. The van der Waals surface area contributed by atoms with Gasteiger partial charge in [-0.2, -0.15) is 0 Å². The summed E-state index contributed by atoms with van der Waals surface area (Å²) in [5.74, 6) is 0.431. The monoisotopic (exact) mass is 497 g/mol. The number of pyridine rings is 1. The van der Waals surface area contributed by atoms with Crippen LogP contribution in [0.2, 0.25) is 0 Å². The number of rotatable bonds is 6. The van der Waals surface area contributed by atoms with Crippen molar-refractivity contribution >= 4 is 44.6 Å². The van der Waals surface area contributed by atoms with E-state index in [0.717, 1.165) is 37.9 Å². The number of nitrogen functional groups attached to an aromatic ring is 1. The van der Waals surface area contributed by atoms with Gasteiger partial charge in [0, 0.05) is 51.9 Å². The lowest BCUT2D eigenvalue weighted by Gasteiger charge is -2.21. The Balaban J connectivity index is 1.54. The third-order valence-electron chi connectivity index (χ3n) is 5.81. The number of carbonyl (C=O) groups excluding carboxylic acids is 1. The zero-order valence-corrected chi connectivity index (χ0v) is 20.2. The van der Waals surface area contributed by atoms with E-state index in [-0.39, 0.29) is 0 Å². The molecular formula is C26H23N7O2S. The lowest BCUT2D eigenvalue weighted by atomic mass is 10.0. The van der Waals surface area contributed by atoms with Crippen molar-refractivity contribution in [1.29, 1.82) is 0 Å². The quantitative estimate of drug-likeness (QED) is 0.308. The number of carbonyl (C=O) groups is 1. The van der Waals surface area contributed by atoms with Crippen LogP contribution in [0.1, 0.15) is 5.56 Å². The molecule has 3 aromatic heterocycles. The summed E-state index contributed by atoms with van der Waals surface area (Å²) >= 11 is 1.57. The molecule has 0 unspecified atom stereocenters. The van der Waals surface area contributed by atoms with Gasteiger partial charge in [-0.1, -0.05) is 24.3 Å². The number of thiophene rings is 1. The van der Waals surface area contributed by atoms with Crippen LogP contribution in [0.3, 0.4) is 0 Å². The molecule has 0 atom stereocenters. The van der Waals surface area contributed by atoms with Crippen LogP contribution in [-0.4, -0.2) is 28.1 Å². The average Bonchev–Trinajstić information content (AvgIpc) is 3.36. The van der Waals surface area contributed by atoms with E-state index in [2.05, 4.69) is 15.0 Å². The summed E-state index contributed by atoms with van der Waals surface area (Å²) in [7, 11) is 1.52. The van der Waals surface area contributed by atoms with Gasteiger partial charge >= 0.3 is 12.0 Å². The molecule has 0 saturated carbocycles. The van der Waals surface area contributed by atoms with E-state index in [1.54, 1.807) is 29.9 Å². The molecule has 9 nitrogen and oxygen atoms in total. The first-order valence-electron chi connectivity index (χ1n) is 11.0. The summed E-state index contributed by atoms with van der Waals surface area (Å²) in [4.78, 5) is 26.6. The minimum atomic E-state index is -0.585. The summed E-state index contributed by atoms with van der Waals surface area (Å²) < 4.78 is 6.04. The van der Waals surface area contributed by atoms with E-state index in [1.165, 1.54) is 12.0 Å². The summed E-state index contributed by atoms with van der Waals surface area (Å²) in [6, 6.07) is 14.7. The van der Waals surface area contributed by atoms with Crippen LogP contribution in [0, 0.1) is 0 Å². The molecule has 180 valence electrons. The molecule has 0 spiro atoms. The number of nitrogens with two attached hydrogens (primary N) is 3. The number of methoxy groups -OCH3 is 1. The van der Waals surface area contributed by atoms with Gasteiger partial charge < -0.3 is 21.9 Å². The van der Waals surface area contributed by atoms with Crippen molar-refractivity contribution in [3.05, 3.63) is 78.1 Å². The van der Waals surface area contributed by atoms with E-state index < -0.39 is 6.03 Å². The summed E-state index contributed by atoms with van der Waals surface area (Å²) in [5, 5.41) is 2.89. The molecule has 6 N–H and O–H groups in total. The van der Waals surface area contributed by atoms with E-state index >= 15 is 0 Å². The Morgan fingerprint density at radius 3 is 2.39 bits per heavy atom. The Hall–Kier alpha value is -4.54. The molecule has 0 aliphatic heterocycles. The first kappa shape index (κ1) is 23.2. The van der Waals surface area contributed by atoms with Crippen molar-refractivity contribution in [3.63, 3.8) is 0 Å². The van der Waals surface area contributed by atoms with Crippen LogP contribution >= 0.6 is 11.3 Å². The smallest absolute Gasteiger partial charge is 0.323 e. The molecular weight excluding hydrogens is 474 g/mol. The minimum Gasteiger partial charge on any atom is -0.467 e. The van der Waals surface area contributed by atoms with Gasteiger partial charge in [-0.05, 0) is 40.8 Å². The number of primary amides is 1. The number of ether oxygens (including phenoxy) is 1. The SMILES string of the molecule is COc1ncc(-c2cnc(N)c3c(-c4ccc(N(C(N)=O)c5cccc(CN)c5)cc4)csc23)cn1. The van der Waals surface area contributed by atoms with Crippen molar-refractivity contribution < 1.29 is 9.53 Å². The largest absolute Gasteiger partial charge is 0.467 e. The number of hydrogen-bond acceptors (Lipinski definition) is 8. The van der Waals surface area contributed by atoms with Crippen molar-refractivity contribution in [1.82, 2.24) is 15.0 Å². The van der Waals surface area contributed by atoms with Gasteiger partial charge in [0.2, 0.25) is 0 Å². The molecule has 0 fully saturated rings. The summed E-state index contributed by atoms with van der Waals surface area (Å²) in [6.07, 6.45) is 5.13. The fraction of sp³-hybridized carbons (Fsp3) is 0.0769. The van der Waals surface area contributed by atoms with Gasteiger partial charge in [0.25, 0.3) is 0 Å². The number of benzene rings is 2. The predicted molar refractivity (Wildman–Crippen MR) is 143 cm³/mol. The van der Waals surface area contributed by atoms with Crippen LogP contribution in [0.5, 0.6) is 6.01 Å². The van der Waals surface area contributed by atoms with Gasteiger partial charge in [-0.3, -0.25) is 4.90 Å². The first-order chi connectivity index (χ1) is 17.5. The predicted octanol–water partition coefficient (Wildman–Crippen LogP) is 4.69. The summed E-state index contributed by atoms with van der Waals surface area (Å²) in [5.41, 5.74) is 23.6. The molecule has 3 heterocycles. The Bertz CT molecular complexity index is 1550. The van der Waals surface area contributed by atoms with E-state index in [4.69, 9.17) is 21.9 Å². The van der Waals surface area contributed by atoms with Gasteiger partial charge in [-0.15, -0.1) is 11.3 Å². The third-order valence-corrected chi connectivity index (χ3v) is 6.82. The first-order valence-corrected chi connectivity index (χ1v) is 11.9. The van der Waals surface area contributed by atoms with Crippen molar-refractivity contribution in [2.75, 3.05) is 17.7 Å². The molecule has 2 amide bonds. The van der Waals surface area contributed by atoms with Gasteiger partial charge in [0.15, 0.2) is 0 Å². The Kier molecular flexibility index (Phi) is 6.19. The number of fused-ring (bicyclic) bond motifs is 1. The lowest BCUT2D eigenvalue weighted by molar-refractivity contribution is 0.256. The zero-order valence-electron chi connectivity index (χ0n) is 19.4. The fourth-order valence-electron chi connectivity index (χ4n) is 4.06. The Labute approximate surface area is 211 Å². The van der Waals surface area contributed by atoms with E-state index in [0.29, 0.717) is 29.7 Å². The lowest BCUT2D eigenvalue weighted by Crippen LogP contribution is -2.31. The molecule has 0 radical (unpaired) electrons. The maximum absolute atomic E-state index is 12.3. The normalized spacial score (nSPS) is 10.9. The van der Waals surface area contributed by atoms with Crippen molar-refractivity contribution in [2.24, 2.45) is 11.5 Å². The van der Waals surface area contributed by atoms with Crippen LogP contribution in [0.15, 0.2) is 72.5 Å². The number of anilines is 3. The Morgan fingerprint density at radius 1 is 0.972 bits per heavy atom. The van der Waals surface area contributed by atoms with Crippen molar-refractivity contribution in [2.45, 2.75) is 6.54 Å². The number of nitrogens with zero attached hydrogens (tertiary/aromatic N) is 4. The second-order valence-electron chi connectivity index (χ2n) is 7.96. The van der Waals surface area contributed by atoms with Crippen LogP contribution in [0.25, 0.3) is 32.3 Å². The highest BCUT2D eigenvalue weighted by atomic mass is 32.1. The van der Waals surface area contributed by atoms with Crippen LogP contribution in [-0.2, 0) is 6.54 Å². The molecule has 36 heavy (non-hydrogen) atoms. The second kappa shape index (κ2) is 9.61. The minimum absolute atomic E-state index is 0.296. The molecule has 2 aromatic carbocycles. The number of amides is 2. The molecule has 0 aliphatic carbocycles. The maximum atomic E-state index is 12.3. The highest BCUT2D eigenvalue weighted by Gasteiger charge is 2.18. The van der Waals surface area contributed by atoms with E-state index in [9.17, 15) is 4.79 Å². The number of hydrogen-bond donors (Lipinski definition) is 3. The van der Waals surface area contributed by atoms with Gasteiger partial charge in [0.05, 0.1) is 18.5 Å². The molecule has 5 aromatic rings. The average molecular weight is 498 g/mol. The highest BCUT2D eigenvalue weighted by Crippen LogP contribution is 2.42. The maximum Gasteiger partial charge on any atom is 0.323 e. The van der Waals surface area contributed by atoms with Crippen LogP contribution in [0.4, 0.5) is 22.0 Å². The molecule has 10 heteroatoms. The topological polar surface area (TPSA) is 146 Å². The summed E-state index contributed by atoms with van der Waals surface area (Å²) in [6.45, 7) is 0.366. The fourth-order valence-corrected chi connectivity index (χ4v) is 5.18. The molecule has 0 bridgehead atoms. The Morgan fingerprint density at radius 2 is 1.72 bits per heavy atom. The standard InChI is InChI=1S/C26H23N7O2S/c1-35-26-31-11-17(12-32-26)20-13-30-24(28)22-21(14-36-23(20)22)16-5-7-18(8-6-16)33(25(29)34)19-4-2-3-15(9-19)10-27/h2-9,11-14H,10,27H2,1H3,(H2,28,30)(H2,29,34). The highest BCUT2D eigenvalue weighted by molar-refractivity contribution is 7.18. The van der Waals surface area contributed by atoms with E-state index in [1.807, 2.05) is 53.9 Å². The van der Waals surface area contributed by atoms with Crippen molar-refractivity contribution in [3.8, 4) is 28.3 Å². The number of aromatic nitrogens is 3. The second-order valence-corrected chi connectivity index (χ2v) is 8.84. The molecule has 5 rings (SSSR count). The third kappa shape index (κ3) is 4.19. The van der Waals surface area contributed by atoms with Gasteiger partial charge in [-0.25, -0.2) is 19.7 Å².